The number of unbranched alkanes of at least 4 members (excludes halogenated alkanes) is 1. The van der Waals surface area contributed by atoms with E-state index < -0.39 is 17.0 Å². The van der Waals surface area contributed by atoms with E-state index >= 15 is 0 Å². The molecule has 1 atom stereocenters. The number of benzene rings is 1. The molecule has 0 aromatic heterocycles. The molecule has 1 aromatic carbocycles. The Bertz CT molecular complexity index is 544. The van der Waals surface area contributed by atoms with Crippen molar-refractivity contribution in [2.45, 2.75) is 25.9 Å². The van der Waals surface area contributed by atoms with Gasteiger partial charge in [0.2, 0.25) is 0 Å². The van der Waals surface area contributed by atoms with Gasteiger partial charge in [0, 0.05) is 6.07 Å². The Morgan fingerprint density at radius 2 is 2.23 bits per heavy atom. The molecule has 0 aliphatic heterocycles. The summed E-state index contributed by atoms with van der Waals surface area (Å²) in [5, 5.41) is 20.2. The molecule has 0 aliphatic carbocycles. The summed E-state index contributed by atoms with van der Waals surface area (Å²) in [5.74, 6) is -0.668. The molecular formula is C14H17NO7. The lowest BCUT2D eigenvalue weighted by molar-refractivity contribution is -0.385. The van der Waals surface area contributed by atoms with E-state index in [-0.39, 0.29) is 30.2 Å². The van der Waals surface area contributed by atoms with Crippen LogP contribution in [0, 0.1) is 10.1 Å². The molecule has 8 nitrogen and oxygen atoms in total. The number of hydrogen-bond acceptors (Lipinski definition) is 7. The van der Waals surface area contributed by atoms with Crippen LogP contribution in [0.4, 0.5) is 5.69 Å². The second-order valence-electron chi connectivity index (χ2n) is 4.44. The van der Waals surface area contributed by atoms with Crippen LogP contribution in [0.25, 0.3) is 0 Å². The molecule has 22 heavy (non-hydrogen) atoms. The highest BCUT2D eigenvalue weighted by atomic mass is 16.6. The summed E-state index contributed by atoms with van der Waals surface area (Å²) < 4.78 is 9.95. The summed E-state index contributed by atoms with van der Waals surface area (Å²) in [7, 11) is 0. The monoisotopic (exact) mass is 311 g/mol. The zero-order valence-electron chi connectivity index (χ0n) is 12.1. The predicted octanol–water partition coefficient (Wildman–Crippen LogP) is 1.49. The third kappa shape index (κ3) is 5.13. The maximum atomic E-state index is 11.4. The fraction of sp³-hybridized carbons (Fsp3) is 0.429. The van der Waals surface area contributed by atoms with Crippen LogP contribution < -0.4 is 4.74 Å². The minimum absolute atomic E-state index is 0.133. The van der Waals surface area contributed by atoms with Crippen molar-refractivity contribution in [2.75, 3.05) is 13.2 Å². The topological polar surface area (TPSA) is 116 Å². The first-order valence-electron chi connectivity index (χ1n) is 6.70. The minimum Gasteiger partial charge on any atom is -0.490 e. The van der Waals surface area contributed by atoms with Gasteiger partial charge in [-0.05, 0) is 18.6 Å². The Morgan fingerprint density at radius 1 is 1.50 bits per heavy atom. The molecule has 0 aliphatic rings. The maximum absolute atomic E-state index is 11.4. The molecule has 0 bridgehead atoms. The second-order valence-corrected chi connectivity index (χ2v) is 4.44. The van der Waals surface area contributed by atoms with Crippen LogP contribution in [0.15, 0.2) is 18.2 Å². The average molecular weight is 311 g/mol. The molecule has 0 spiro atoms. The number of aliphatic hydroxyl groups is 1. The summed E-state index contributed by atoms with van der Waals surface area (Å²) in [6.45, 7) is 1.78. The number of esters is 1. The maximum Gasteiger partial charge on any atom is 0.338 e. The Labute approximate surface area is 126 Å². The first-order chi connectivity index (χ1) is 10.5. The van der Waals surface area contributed by atoms with Gasteiger partial charge < -0.3 is 14.6 Å². The van der Waals surface area contributed by atoms with Crippen molar-refractivity contribution < 1.29 is 29.1 Å². The Hall–Kier alpha value is -2.48. The highest BCUT2D eigenvalue weighted by molar-refractivity contribution is 5.82. The lowest BCUT2D eigenvalue weighted by Crippen LogP contribution is -2.29. The van der Waals surface area contributed by atoms with Gasteiger partial charge >= 0.3 is 5.97 Å². The molecule has 1 unspecified atom stereocenters. The fourth-order valence-electron chi connectivity index (χ4n) is 1.54. The Balaban J connectivity index is 2.59. The molecule has 0 radical (unpaired) electrons. The lowest BCUT2D eigenvalue weighted by Gasteiger charge is -2.12. The summed E-state index contributed by atoms with van der Waals surface area (Å²) in [4.78, 5) is 32.2. The van der Waals surface area contributed by atoms with Gasteiger partial charge in [0.05, 0.1) is 17.1 Å². The van der Waals surface area contributed by atoms with Crippen molar-refractivity contribution in [3.05, 3.63) is 33.9 Å². The smallest absolute Gasteiger partial charge is 0.338 e. The quantitative estimate of drug-likeness (QED) is 0.241. The number of nitro groups is 1. The number of rotatable bonds is 9. The zero-order chi connectivity index (χ0) is 16.5. The molecule has 1 aromatic rings. The van der Waals surface area contributed by atoms with E-state index in [1.54, 1.807) is 0 Å². The Kier molecular flexibility index (Phi) is 6.97. The zero-order valence-corrected chi connectivity index (χ0v) is 12.1. The van der Waals surface area contributed by atoms with Crippen molar-refractivity contribution in [2.24, 2.45) is 0 Å². The summed E-state index contributed by atoms with van der Waals surface area (Å²) in [5.41, 5.74) is -0.496. The number of hydrogen-bond donors (Lipinski definition) is 1. The van der Waals surface area contributed by atoms with Crippen LogP contribution in [0.1, 0.15) is 30.1 Å². The van der Waals surface area contributed by atoms with E-state index in [0.29, 0.717) is 12.7 Å². The number of nitrogens with zero attached hydrogens (tertiary/aromatic N) is 1. The Morgan fingerprint density at radius 3 is 2.82 bits per heavy atom. The minimum atomic E-state index is -1.47. The van der Waals surface area contributed by atoms with Gasteiger partial charge in [0.1, 0.15) is 12.4 Å². The van der Waals surface area contributed by atoms with Gasteiger partial charge in [0.25, 0.3) is 5.69 Å². The average Bonchev–Trinajstić information content (AvgIpc) is 2.52. The van der Waals surface area contributed by atoms with Crippen molar-refractivity contribution in [1.29, 1.82) is 0 Å². The fourth-order valence-corrected chi connectivity index (χ4v) is 1.54. The number of nitro benzene ring substituents is 1. The van der Waals surface area contributed by atoms with E-state index in [4.69, 9.17) is 9.47 Å². The molecule has 0 fully saturated rings. The highest BCUT2D eigenvalue weighted by Crippen LogP contribution is 2.22. The van der Waals surface area contributed by atoms with Gasteiger partial charge in [-0.25, -0.2) is 4.79 Å². The van der Waals surface area contributed by atoms with Gasteiger partial charge in [-0.2, -0.15) is 0 Å². The molecular weight excluding hydrogens is 294 g/mol. The van der Waals surface area contributed by atoms with Crippen LogP contribution in [0.3, 0.4) is 0 Å². The molecule has 1 N–H and O–H groups in total. The van der Waals surface area contributed by atoms with Crippen LogP contribution >= 0.6 is 0 Å². The third-order valence-corrected chi connectivity index (χ3v) is 2.74. The van der Waals surface area contributed by atoms with Crippen molar-refractivity contribution in [3.8, 4) is 5.75 Å². The summed E-state index contributed by atoms with van der Waals surface area (Å²) in [6.07, 6.45) is 0.425. The van der Waals surface area contributed by atoms with E-state index in [9.17, 15) is 24.8 Å². The predicted molar refractivity (Wildman–Crippen MR) is 75.9 cm³/mol. The van der Waals surface area contributed by atoms with Crippen molar-refractivity contribution in [1.82, 2.24) is 0 Å². The SMILES string of the molecule is CCCCOC(=O)C(O)COc1ccc([N+](=O)[O-])c(C=O)c1. The lowest BCUT2D eigenvalue weighted by atomic mass is 10.2. The normalized spacial score (nSPS) is 11.5. The second kappa shape index (κ2) is 8.73. The first kappa shape index (κ1) is 17.6. The molecule has 0 heterocycles. The van der Waals surface area contributed by atoms with Crippen LogP contribution in [0.2, 0.25) is 0 Å². The third-order valence-electron chi connectivity index (χ3n) is 2.74. The first-order valence-corrected chi connectivity index (χ1v) is 6.70. The number of carbonyl (C=O) groups is 2. The van der Waals surface area contributed by atoms with Crippen LogP contribution in [0.5, 0.6) is 5.75 Å². The van der Waals surface area contributed by atoms with Gasteiger partial charge in [-0.1, -0.05) is 13.3 Å². The number of carbonyl (C=O) groups excluding carboxylic acids is 2. The van der Waals surface area contributed by atoms with Crippen LogP contribution in [-0.4, -0.2) is 41.6 Å². The van der Waals surface area contributed by atoms with Gasteiger partial charge in [0.15, 0.2) is 12.4 Å². The van der Waals surface area contributed by atoms with Gasteiger partial charge in [-0.15, -0.1) is 0 Å². The standard InChI is InChI=1S/C14H17NO7/c1-2-3-6-21-14(18)13(17)9-22-11-4-5-12(15(19)20)10(7-11)8-16/h4-5,7-8,13,17H,2-3,6,9H2,1H3. The largest absolute Gasteiger partial charge is 0.490 e. The molecule has 120 valence electrons. The number of aliphatic hydroxyl groups excluding tert-OH is 1. The van der Waals surface area contributed by atoms with E-state index in [0.717, 1.165) is 12.5 Å². The number of aldehydes is 1. The molecule has 0 amide bonds. The van der Waals surface area contributed by atoms with E-state index in [1.165, 1.54) is 12.1 Å². The molecule has 1 rings (SSSR count). The summed E-state index contributed by atoms with van der Waals surface area (Å²) in [6, 6.07) is 3.56. The highest BCUT2D eigenvalue weighted by Gasteiger charge is 2.19. The van der Waals surface area contributed by atoms with Gasteiger partial charge in [-0.3, -0.25) is 14.9 Å². The summed E-state index contributed by atoms with van der Waals surface area (Å²) >= 11 is 0. The number of ether oxygens (including phenoxy) is 2. The van der Waals surface area contributed by atoms with E-state index in [2.05, 4.69) is 0 Å². The molecule has 0 saturated carbocycles. The van der Waals surface area contributed by atoms with E-state index in [1.807, 2.05) is 6.92 Å². The molecule has 8 heteroatoms. The van der Waals surface area contributed by atoms with Crippen molar-refractivity contribution >= 4 is 17.9 Å². The van der Waals surface area contributed by atoms with Crippen molar-refractivity contribution in [3.63, 3.8) is 0 Å². The molecule has 0 saturated heterocycles. The van der Waals surface area contributed by atoms with Crippen LogP contribution in [-0.2, 0) is 9.53 Å².